The molecule has 2 aliphatic rings. The molecule has 3 nitrogen and oxygen atoms in total. The Morgan fingerprint density at radius 3 is 2.89 bits per heavy atom. The van der Waals surface area contributed by atoms with Crippen LogP contribution in [0.3, 0.4) is 0 Å². The molecule has 2 aliphatic heterocycles. The molecule has 0 radical (unpaired) electrons. The normalized spacial score (nSPS) is 23.1. The Morgan fingerprint density at radius 1 is 1.39 bits per heavy atom. The molecule has 0 aliphatic carbocycles. The van der Waals surface area contributed by atoms with E-state index in [0.29, 0.717) is 0 Å². The fourth-order valence-corrected chi connectivity index (χ4v) is 3.05. The predicted molar refractivity (Wildman–Crippen MR) is 75.8 cm³/mol. The highest BCUT2D eigenvalue weighted by atomic mass is 16.5. The zero-order valence-corrected chi connectivity index (χ0v) is 11.8. The quantitative estimate of drug-likeness (QED) is 0.732. The molecule has 0 bridgehead atoms. The molecule has 18 heavy (non-hydrogen) atoms. The summed E-state index contributed by atoms with van der Waals surface area (Å²) in [5, 5.41) is 3.44. The molecule has 0 amide bonds. The number of methoxy groups -OCH3 is 1. The molecule has 3 heteroatoms. The zero-order chi connectivity index (χ0) is 12.6. The smallest absolute Gasteiger partial charge is 0.0673 e. The second kappa shape index (κ2) is 7.93. The van der Waals surface area contributed by atoms with Crippen LogP contribution in [0.15, 0.2) is 11.6 Å². The fraction of sp³-hybridized carbons (Fsp3) is 0.867. The van der Waals surface area contributed by atoms with E-state index in [1.54, 1.807) is 7.11 Å². The Bertz CT molecular complexity index is 259. The van der Waals surface area contributed by atoms with Gasteiger partial charge < -0.3 is 10.1 Å². The summed E-state index contributed by atoms with van der Waals surface area (Å²) in [4.78, 5) is 2.58. The van der Waals surface area contributed by atoms with Crippen molar-refractivity contribution in [1.82, 2.24) is 10.2 Å². The van der Waals surface area contributed by atoms with Gasteiger partial charge in [0.1, 0.15) is 0 Å². The summed E-state index contributed by atoms with van der Waals surface area (Å²) in [5.74, 6) is 0.982. The van der Waals surface area contributed by atoms with Gasteiger partial charge in [-0.25, -0.2) is 0 Å². The third-order valence-electron chi connectivity index (χ3n) is 4.26. The van der Waals surface area contributed by atoms with Crippen LogP contribution in [-0.2, 0) is 4.74 Å². The van der Waals surface area contributed by atoms with E-state index in [2.05, 4.69) is 16.3 Å². The first-order valence-corrected chi connectivity index (χ1v) is 7.48. The Labute approximate surface area is 112 Å². The van der Waals surface area contributed by atoms with E-state index in [1.807, 2.05) is 0 Å². The summed E-state index contributed by atoms with van der Waals surface area (Å²) in [6.07, 6.45) is 9.12. The molecular formula is C15H28N2O. The second-order valence-electron chi connectivity index (χ2n) is 5.68. The molecular weight excluding hydrogens is 224 g/mol. The van der Waals surface area contributed by atoms with Crippen molar-refractivity contribution in [1.29, 1.82) is 0 Å². The molecule has 0 saturated carbocycles. The van der Waals surface area contributed by atoms with Gasteiger partial charge in [-0.05, 0) is 63.2 Å². The lowest BCUT2D eigenvalue weighted by Gasteiger charge is -2.27. The maximum atomic E-state index is 5.18. The first-order chi connectivity index (χ1) is 8.88. The minimum Gasteiger partial charge on any atom is -0.380 e. The highest BCUT2D eigenvalue weighted by Crippen LogP contribution is 2.18. The lowest BCUT2D eigenvalue weighted by molar-refractivity contribution is 0.209. The van der Waals surface area contributed by atoms with Crippen molar-refractivity contribution in [2.45, 2.75) is 32.1 Å². The van der Waals surface area contributed by atoms with Gasteiger partial charge in [0.25, 0.3) is 0 Å². The highest BCUT2D eigenvalue weighted by Gasteiger charge is 2.14. The number of nitrogens with zero attached hydrogens (tertiary/aromatic N) is 1. The van der Waals surface area contributed by atoms with Gasteiger partial charge in [0, 0.05) is 20.2 Å². The van der Waals surface area contributed by atoms with Crippen LogP contribution in [0.2, 0.25) is 0 Å². The zero-order valence-electron chi connectivity index (χ0n) is 11.8. The van der Waals surface area contributed by atoms with E-state index < -0.39 is 0 Å². The van der Waals surface area contributed by atoms with Gasteiger partial charge in [0.05, 0.1) is 6.61 Å². The van der Waals surface area contributed by atoms with Crippen molar-refractivity contribution in [3.8, 4) is 0 Å². The van der Waals surface area contributed by atoms with E-state index in [9.17, 15) is 0 Å². The first kappa shape index (κ1) is 14.0. The topological polar surface area (TPSA) is 24.5 Å². The lowest BCUT2D eigenvalue weighted by atomic mass is 9.93. The van der Waals surface area contributed by atoms with Crippen molar-refractivity contribution >= 4 is 0 Å². The van der Waals surface area contributed by atoms with Crippen LogP contribution in [0, 0.1) is 5.92 Å². The summed E-state index contributed by atoms with van der Waals surface area (Å²) in [6.45, 7) is 6.92. The lowest BCUT2D eigenvalue weighted by Crippen LogP contribution is -2.31. The van der Waals surface area contributed by atoms with Gasteiger partial charge in [-0.15, -0.1) is 0 Å². The van der Waals surface area contributed by atoms with Crippen molar-refractivity contribution in [3.05, 3.63) is 11.6 Å². The number of hydrogen-bond acceptors (Lipinski definition) is 3. The van der Waals surface area contributed by atoms with Gasteiger partial charge in [-0.2, -0.15) is 0 Å². The summed E-state index contributed by atoms with van der Waals surface area (Å²) >= 11 is 0. The first-order valence-electron chi connectivity index (χ1n) is 7.48. The summed E-state index contributed by atoms with van der Waals surface area (Å²) < 4.78 is 5.18. The minimum absolute atomic E-state index is 0.822. The minimum atomic E-state index is 0.822. The molecule has 1 fully saturated rings. The van der Waals surface area contributed by atoms with Crippen LogP contribution in [-0.4, -0.2) is 51.3 Å². The summed E-state index contributed by atoms with van der Waals surface area (Å²) in [6, 6.07) is 0. The molecule has 0 aromatic rings. The van der Waals surface area contributed by atoms with E-state index in [4.69, 9.17) is 4.74 Å². The standard InChI is InChI=1S/C15H28N2O/c1-18-13-15-6-11-17(12-7-15)10-2-3-14-4-8-16-9-5-14/h6,14,16H,2-5,7-13H2,1H3. The third-order valence-corrected chi connectivity index (χ3v) is 4.26. The van der Waals surface area contributed by atoms with Crippen LogP contribution in [0.4, 0.5) is 0 Å². The van der Waals surface area contributed by atoms with Crippen LogP contribution in [0.5, 0.6) is 0 Å². The maximum absolute atomic E-state index is 5.18. The Kier molecular flexibility index (Phi) is 6.18. The molecule has 0 spiro atoms. The van der Waals surface area contributed by atoms with Crippen LogP contribution >= 0.6 is 0 Å². The van der Waals surface area contributed by atoms with Crippen molar-refractivity contribution in [2.24, 2.45) is 5.92 Å². The van der Waals surface area contributed by atoms with E-state index in [0.717, 1.165) is 19.1 Å². The van der Waals surface area contributed by atoms with Gasteiger partial charge >= 0.3 is 0 Å². The molecule has 2 heterocycles. The molecule has 0 aromatic carbocycles. The third kappa shape index (κ3) is 4.71. The number of ether oxygens (including phenoxy) is 1. The number of piperidine rings is 1. The molecule has 0 atom stereocenters. The molecule has 0 aromatic heterocycles. The molecule has 2 rings (SSSR count). The summed E-state index contributed by atoms with van der Waals surface area (Å²) in [7, 11) is 1.78. The molecule has 0 unspecified atom stereocenters. The second-order valence-corrected chi connectivity index (χ2v) is 5.68. The maximum Gasteiger partial charge on any atom is 0.0673 e. The van der Waals surface area contributed by atoms with Crippen molar-refractivity contribution < 1.29 is 4.74 Å². The Balaban J connectivity index is 1.57. The predicted octanol–water partition coefficient (Wildman–Crippen LogP) is 2.04. The number of rotatable bonds is 6. The van der Waals surface area contributed by atoms with Crippen molar-refractivity contribution in [3.63, 3.8) is 0 Å². The van der Waals surface area contributed by atoms with Crippen LogP contribution < -0.4 is 5.32 Å². The molecule has 104 valence electrons. The average Bonchev–Trinajstić information content (AvgIpc) is 2.42. The highest BCUT2D eigenvalue weighted by molar-refractivity contribution is 5.07. The van der Waals surface area contributed by atoms with E-state index >= 15 is 0 Å². The average molecular weight is 252 g/mol. The Morgan fingerprint density at radius 2 is 2.22 bits per heavy atom. The van der Waals surface area contributed by atoms with Gasteiger partial charge in [0.2, 0.25) is 0 Å². The van der Waals surface area contributed by atoms with E-state index in [-0.39, 0.29) is 0 Å². The van der Waals surface area contributed by atoms with Crippen LogP contribution in [0.25, 0.3) is 0 Å². The van der Waals surface area contributed by atoms with E-state index in [1.165, 1.54) is 63.9 Å². The number of hydrogen-bond donors (Lipinski definition) is 1. The van der Waals surface area contributed by atoms with Gasteiger partial charge in [-0.1, -0.05) is 6.08 Å². The number of nitrogens with one attached hydrogen (secondary N) is 1. The monoisotopic (exact) mass is 252 g/mol. The largest absolute Gasteiger partial charge is 0.380 e. The Hall–Kier alpha value is -0.380. The van der Waals surface area contributed by atoms with Crippen LogP contribution in [0.1, 0.15) is 32.1 Å². The van der Waals surface area contributed by atoms with Gasteiger partial charge in [0.15, 0.2) is 0 Å². The SMILES string of the molecule is COCC1=CCN(CCCC2CCNCC2)CC1. The fourth-order valence-electron chi connectivity index (χ4n) is 3.05. The summed E-state index contributed by atoms with van der Waals surface area (Å²) in [5.41, 5.74) is 1.48. The van der Waals surface area contributed by atoms with Crippen molar-refractivity contribution in [2.75, 3.05) is 46.4 Å². The molecule has 1 saturated heterocycles. The van der Waals surface area contributed by atoms with Gasteiger partial charge in [-0.3, -0.25) is 4.90 Å². The molecule has 1 N–H and O–H groups in total.